The number of hydrogen-bond donors (Lipinski definition) is 3. The lowest BCUT2D eigenvalue weighted by molar-refractivity contribution is 0.00576. The maximum Gasteiger partial charge on any atom is 0.404 e. The van der Waals surface area contributed by atoms with Gasteiger partial charge in [0.25, 0.3) is 0 Å². The largest absolute Gasteiger partial charge is 0.465 e. The second-order valence-corrected chi connectivity index (χ2v) is 4.44. The molecule has 19 heavy (non-hydrogen) atoms. The molecule has 2 atom stereocenters. The number of ether oxygens (including phenoxy) is 1. The standard InChI is InChI=1S/C13H18N2O3.ClH/c16-13(17)15-8-12-7-14-11(9-18-12)6-10-4-2-1-3-5-10;/h1-5,11-12,14-15H,6-9H2,(H,16,17);1H. The van der Waals surface area contributed by atoms with Crippen LogP contribution in [0.25, 0.3) is 0 Å². The summed E-state index contributed by atoms with van der Waals surface area (Å²) in [5, 5.41) is 14.2. The molecule has 0 saturated carbocycles. The first-order valence-electron chi connectivity index (χ1n) is 6.10. The molecule has 0 spiro atoms. The lowest BCUT2D eigenvalue weighted by atomic mass is 10.1. The molecule has 2 unspecified atom stereocenters. The van der Waals surface area contributed by atoms with Crippen molar-refractivity contribution >= 4 is 18.5 Å². The monoisotopic (exact) mass is 286 g/mol. The van der Waals surface area contributed by atoms with Gasteiger partial charge in [0, 0.05) is 19.1 Å². The highest BCUT2D eigenvalue weighted by Gasteiger charge is 2.21. The lowest BCUT2D eigenvalue weighted by Gasteiger charge is -2.30. The second kappa shape index (κ2) is 7.99. The average Bonchev–Trinajstić information content (AvgIpc) is 2.39. The van der Waals surface area contributed by atoms with E-state index in [9.17, 15) is 4.79 Å². The number of nitrogens with one attached hydrogen (secondary N) is 2. The first kappa shape index (κ1) is 15.8. The van der Waals surface area contributed by atoms with Crippen molar-refractivity contribution in [2.24, 2.45) is 0 Å². The van der Waals surface area contributed by atoms with Gasteiger partial charge in [0.05, 0.1) is 12.7 Å². The van der Waals surface area contributed by atoms with Crippen molar-refractivity contribution in [2.45, 2.75) is 18.6 Å². The van der Waals surface area contributed by atoms with Crippen LogP contribution in [0.2, 0.25) is 0 Å². The molecule has 2 rings (SSSR count). The average molecular weight is 287 g/mol. The van der Waals surface area contributed by atoms with Gasteiger partial charge in [-0.3, -0.25) is 0 Å². The summed E-state index contributed by atoms with van der Waals surface area (Å²) in [4.78, 5) is 10.4. The first-order valence-corrected chi connectivity index (χ1v) is 6.10. The molecule has 5 nitrogen and oxygen atoms in total. The van der Waals surface area contributed by atoms with Crippen molar-refractivity contribution < 1.29 is 14.6 Å². The number of morpholine rings is 1. The summed E-state index contributed by atoms with van der Waals surface area (Å²) in [6.07, 6.45) is -0.155. The fourth-order valence-corrected chi connectivity index (χ4v) is 2.03. The zero-order valence-corrected chi connectivity index (χ0v) is 11.4. The molecule has 0 radical (unpaired) electrons. The van der Waals surface area contributed by atoms with E-state index in [1.807, 2.05) is 18.2 Å². The summed E-state index contributed by atoms with van der Waals surface area (Å²) in [6.45, 7) is 1.62. The molecule has 1 saturated heterocycles. The number of rotatable bonds is 4. The summed E-state index contributed by atoms with van der Waals surface area (Å²) >= 11 is 0. The Morgan fingerprint density at radius 1 is 1.42 bits per heavy atom. The molecule has 0 aromatic heterocycles. The van der Waals surface area contributed by atoms with E-state index < -0.39 is 6.09 Å². The third kappa shape index (κ3) is 5.46. The van der Waals surface area contributed by atoms with E-state index in [1.54, 1.807) is 0 Å². The highest BCUT2D eigenvalue weighted by molar-refractivity contribution is 5.85. The lowest BCUT2D eigenvalue weighted by Crippen LogP contribution is -2.50. The number of carboxylic acid groups (broad SMARTS) is 1. The minimum absolute atomic E-state index is 0. The van der Waals surface area contributed by atoms with E-state index in [-0.39, 0.29) is 18.5 Å². The van der Waals surface area contributed by atoms with Gasteiger partial charge in [-0.25, -0.2) is 4.79 Å². The Bertz CT molecular complexity index is 381. The Morgan fingerprint density at radius 2 is 2.16 bits per heavy atom. The Kier molecular flexibility index (Phi) is 6.62. The van der Waals surface area contributed by atoms with Crippen LogP contribution in [0.1, 0.15) is 5.56 Å². The highest BCUT2D eigenvalue weighted by Crippen LogP contribution is 2.07. The molecule has 1 fully saturated rings. The predicted molar refractivity (Wildman–Crippen MR) is 75.0 cm³/mol. The minimum Gasteiger partial charge on any atom is -0.465 e. The van der Waals surface area contributed by atoms with Crippen LogP contribution in [0.15, 0.2) is 30.3 Å². The summed E-state index contributed by atoms with van der Waals surface area (Å²) < 4.78 is 5.62. The molecule has 6 heteroatoms. The molecular formula is C13H19ClN2O3. The van der Waals surface area contributed by atoms with Gasteiger partial charge in [0.15, 0.2) is 0 Å². The predicted octanol–water partition coefficient (Wildman–Crippen LogP) is 1.28. The van der Waals surface area contributed by atoms with Crippen molar-refractivity contribution in [3.05, 3.63) is 35.9 Å². The topological polar surface area (TPSA) is 70.6 Å². The Labute approximate surface area is 118 Å². The number of hydrogen-bond acceptors (Lipinski definition) is 3. The Morgan fingerprint density at radius 3 is 2.74 bits per heavy atom. The van der Waals surface area contributed by atoms with Gasteiger partial charge in [-0.15, -0.1) is 12.4 Å². The smallest absolute Gasteiger partial charge is 0.404 e. The molecule has 1 aliphatic heterocycles. The van der Waals surface area contributed by atoms with Crippen molar-refractivity contribution in [1.29, 1.82) is 0 Å². The van der Waals surface area contributed by atoms with Gasteiger partial charge < -0.3 is 20.5 Å². The van der Waals surface area contributed by atoms with E-state index >= 15 is 0 Å². The van der Waals surface area contributed by atoms with Gasteiger partial charge in [-0.1, -0.05) is 30.3 Å². The van der Waals surface area contributed by atoms with Crippen molar-refractivity contribution in [3.63, 3.8) is 0 Å². The zero-order valence-electron chi connectivity index (χ0n) is 10.5. The number of carbonyl (C=O) groups is 1. The van der Waals surface area contributed by atoms with Crippen LogP contribution in [-0.4, -0.2) is 43.0 Å². The molecule has 1 amide bonds. The van der Waals surface area contributed by atoms with Crippen molar-refractivity contribution in [1.82, 2.24) is 10.6 Å². The molecule has 3 N–H and O–H groups in total. The van der Waals surface area contributed by atoms with E-state index in [0.29, 0.717) is 25.7 Å². The molecule has 1 heterocycles. The first-order chi connectivity index (χ1) is 8.74. The summed E-state index contributed by atoms with van der Waals surface area (Å²) in [7, 11) is 0. The van der Waals surface area contributed by atoms with Crippen LogP contribution < -0.4 is 10.6 Å². The Balaban J connectivity index is 0.00000180. The van der Waals surface area contributed by atoms with E-state index in [1.165, 1.54) is 5.56 Å². The molecule has 0 aliphatic carbocycles. The van der Waals surface area contributed by atoms with Crippen LogP contribution in [0.4, 0.5) is 4.79 Å². The molecule has 0 bridgehead atoms. The minimum atomic E-state index is -1.01. The van der Waals surface area contributed by atoms with Crippen LogP contribution in [-0.2, 0) is 11.2 Å². The summed E-state index contributed by atoms with van der Waals surface area (Å²) in [5.74, 6) is 0. The molecule has 1 aromatic carbocycles. The maximum atomic E-state index is 10.4. The van der Waals surface area contributed by atoms with E-state index in [2.05, 4.69) is 22.8 Å². The van der Waals surface area contributed by atoms with Gasteiger partial charge in [0.1, 0.15) is 0 Å². The SMILES string of the molecule is Cl.O=C(O)NCC1CNC(Cc2ccccc2)CO1. The number of halogens is 1. The maximum absolute atomic E-state index is 10.4. The van der Waals surface area contributed by atoms with Crippen LogP contribution in [0.3, 0.4) is 0 Å². The van der Waals surface area contributed by atoms with Gasteiger partial charge in [-0.2, -0.15) is 0 Å². The fourth-order valence-electron chi connectivity index (χ4n) is 2.03. The van der Waals surface area contributed by atoms with Crippen molar-refractivity contribution in [3.8, 4) is 0 Å². The Hall–Kier alpha value is -1.30. The third-order valence-electron chi connectivity index (χ3n) is 2.97. The zero-order chi connectivity index (χ0) is 12.8. The highest BCUT2D eigenvalue weighted by atomic mass is 35.5. The van der Waals surface area contributed by atoms with Crippen molar-refractivity contribution in [2.75, 3.05) is 19.7 Å². The molecule has 1 aromatic rings. The van der Waals surface area contributed by atoms with Gasteiger partial charge in [-0.05, 0) is 12.0 Å². The third-order valence-corrected chi connectivity index (χ3v) is 2.97. The normalized spacial score (nSPS) is 22.3. The van der Waals surface area contributed by atoms with Gasteiger partial charge in [0.2, 0.25) is 0 Å². The van der Waals surface area contributed by atoms with Crippen LogP contribution >= 0.6 is 12.4 Å². The van der Waals surface area contributed by atoms with E-state index in [4.69, 9.17) is 9.84 Å². The van der Waals surface area contributed by atoms with Crippen LogP contribution in [0.5, 0.6) is 0 Å². The fraction of sp³-hybridized carbons (Fsp3) is 0.462. The molecule has 106 valence electrons. The van der Waals surface area contributed by atoms with Gasteiger partial charge >= 0.3 is 6.09 Å². The number of amides is 1. The molecule has 1 aliphatic rings. The molecular weight excluding hydrogens is 268 g/mol. The van der Waals surface area contributed by atoms with E-state index in [0.717, 1.165) is 6.42 Å². The summed E-state index contributed by atoms with van der Waals surface area (Å²) in [6, 6.07) is 10.5. The second-order valence-electron chi connectivity index (χ2n) is 4.44. The van der Waals surface area contributed by atoms with Crippen LogP contribution in [0, 0.1) is 0 Å². The number of benzene rings is 1. The summed E-state index contributed by atoms with van der Waals surface area (Å²) in [5.41, 5.74) is 1.28. The quantitative estimate of drug-likeness (QED) is 0.780.